The van der Waals surface area contributed by atoms with E-state index in [1.54, 1.807) is 4.57 Å². The van der Waals surface area contributed by atoms with Gasteiger partial charge in [-0.2, -0.15) is 5.10 Å². The van der Waals surface area contributed by atoms with Crippen LogP contribution in [0.5, 0.6) is 0 Å². The SMILES string of the molecule is CCCc1n[nH]c(=S)n1CC(=O)Nc1ccc(F)c(NC(=O)C2CCCCC2)c1. The molecule has 0 atom stereocenters. The number of amides is 2. The van der Waals surface area contributed by atoms with Crippen LogP contribution in [-0.4, -0.2) is 26.6 Å². The van der Waals surface area contributed by atoms with Crippen LogP contribution in [0, 0.1) is 16.5 Å². The molecule has 3 N–H and O–H groups in total. The Morgan fingerprint density at radius 3 is 2.76 bits per heavy atom. The molecule has 0 aliphatic heterocycles. The summed E-state index contributed by atoms with van der Waals surface area (Å²) in [4.78, 5) is 24.9. The molecule has 1 fully saturated rings. The van der Waals surface area contributed by atoms with Crippen LogP contribution >= 0.6 is 12.2 Å². The lowest BCUT2D eigenvalue weighted by Crippen LogP contribution is -2.25. The van der Waals surface area contributed by atoms with Crippen molar-refractivity contribution < 1.29 is 14.0 Å². The number of nitrogens with one attached hydrogen (secondary N) is 3. The Morgan fingerprint density at radius 2 is 2.03 bits per heavy atom. The quantitative estimate of drug-likeness (QED) is 0.587. The Labute approximate surface area is 174 Å². The smallest absolute Gasteiger partial charge is 0.244 e. The van der Waals surface area contributed by atoms with Gasteiger partial charge in [-0.25, -0.2) is 4.39 Å². The van der Waals surface area contributed by atoms with Crippen LogP contribution in [0.1, 0.15) is 51.3 Å². The van der Waals surface area contributed by atoms with E-state index in [4.69, 9.17) is 12.2 Å². The molecule has 9 heteroatoms. The van der Waals surface area contributed by atoms with Crippen LogP contribution in [0.25, 0.3) is 0 Å². The van der Waals surface area contributed by atoms with Crippen LogP contribution in [0.15, 0.2) is 18.2 Å². The molecule has 0 radical (unpaired) electrons. The number of hydrogen-bond acceptors (Lipinski definition) is 4. The van der Waals surface area contributed by atoms with Crippen molar-refractivity contribution >= 4 is 35.4 Å². The lowest BCUT2D eigenvalue weighted by molar-refractivity contribution is -0.120. The highest BCUT2D eigenvalue weighted by Crippen LogP contribution is 2.26. The highest BCUT2D eigenvalue weighted by atomic mass is 32.1. The van der Waals surface area contributed by atoms with E-state index in [2.05, 4.69) is 20.8 Å². The second-order valence-electron chi connectivity index (χ2n) is 7.35. The summed E-state index contributed by atoms with van der Waals surface area (Å²) < 4.78 is 16.2. The number of carbonyl (C=O) groups excluding carboxylic acids is 2. The monoisotopic (exact) mass is 419 g/mol. The summed E-state index contributed by atoms with van der Waals surface area (Å²) in [5.74, 6) is -0.375. The molecule has 29 heavy (non-hydrogen) atoms. The van der Waals surface area contributed by atoms with E-state index >= 15 is 0 Å². The van der Waals surface area contributed by atoms with Gasteiger partial charge in [0.15, 0.2) is 4.77 Å². The second kappa shape index (κ2) is 9.78. The number of aromatic amines is 1. The van der Waals surface area contributed by atoms with Crippen molar-refractivity contribution in [3.63, 3.8) is 0 Å². The summed E-state index contributed by atoms with van der Waals surface area (Å²) in [5.41, 5.74) is 0.479. The molecule has 3 rings (SSSR count). The highest BCUT2D eigenvalue weighted by molar-refractivity contribution is 7.71. The number of halogens is 1. The molecule has 0 saturated heterocycles. The Morgan fingerprint density at radius 1 is 1.28 bits per heavy atom. The maximum atomic E-state index is 14.2. The average molecular weight is 420 g/mol. The molecule has 1 aliphatic carbocycles. The topological polar surface area (TPSA) is 91.8 Å². The van der Waals surface area contributed by atoms with E-state index in [0.717, 1.165) is 38.5 Å². The van der Waals surface area contributed by atoms with Crippen LogP contribution < -0.4 is 10.6 Å². The molecule has 7 nitrogen and oxygen atoms in total. The van der Waals surface area contributed by atoms with E-state index in [0.29, 0.717) is 22.7 Å². The zero-order valence-corrected chi connectivity index (χ0v) is 17.3. The lowest BCUT2D eigenvalue weighted by atomic mass is 9.88. The number of nitrogens with zero attached hydrogens (tertiary/aromatic N) is 2. The number of aromatic nitrogens is 3. The van der Waals surface area contributed by atoms with E-state index in [9.17, 15) is 14.0 Å². The molecule has 1 aromatic carbocycles. The number of benzene rings is 1. The summed E-state index contributed by atoms with van der Waals surface area (Å²) in [6.07, 6.45) is 6.42. The normalized spacial score (nSPS) is 14.6. The van der Waals surface area contributed by atoms with E-state index in [1.807, 2.05) is 6.92 Å². The third-order valence-corrected chi connectivity index (χ3v) is 5.41. The first kappa shape index (κ1) is 21.2. The van der Waals surface area contributed by atoms with Gasteiger partial charge in [0.05, 0.1) is 5.69 Å². The van der Waals surface area contributed by atoms with E-state index < -0.39 is 5.82 Å². The molecule has 1 saturated carbocycles. The molecular weight excluding hydrogens is 393 g/mol. The fourth-order valence-corrected chi connectivity index (χ4v) is 3.79. The standard InChI is InChI=1S/C20H26FN5O2S/c1-2-6-17-24-25-20(29)26(17)12-18(27)22-14-9-10-15(21)16(11-14)23-19(28)13-7-4-3-5-8-13/h9-11,13H,2-8,12H2,1H3,(H,22,27)(H,23,28)(H,25,29). The van der Waals surface area contributed by atoms with Gasteiger partial charge in [0, 0.05) is 18.0 Å². The molecule has 1 heterocycles. The van der Waals surface area contributed by atoms with Crippen molar-refractivity contribution in [3.8, 4) is 0 Å². The van der Waals surface area contributed by atoms with Crippen molar-refractivity contribution in [1.29, 1.82) is 0 Å². The molecule has 1 aromatic heterocycles. The third-order valence-electron chi connectivity index (χ3n) is 5.10. The number of hydrogen-bond donors (Lipinski definition) is 3. The molecule has 156 valence electrons. The van der Waals surface area contributed by atoms with Crippen molar-refractivity contribution in [2.75, 3.05) is 10.6 Å². The molecule has 0 bridgehead atoms. The Balaban J connectivity index is 1.66. The minimum absolute atomic E-state index is 0.00576. The maximum absolute atomic E-state index is 14.2. The number of carbonyl (C=O) groups is 2. The van der Waals surface area contributed by atoms with Crippen molar-refractivity contribution in [2.45, 2.75) is 58.4 Å². The average Bonchev–Trinajstić information content (AvgIpc) is 3.05. The van der Waals surface area contributed by atoms with Crippen LogP contribution in [0.3, 0.4) is 0 Å². The van der Waals surface area contributed by atoms with Gasteiger partial charge < -0.3 is 10.6 Å². The minimum Gasteiger partial charge on any atom is -0.324 e. The number of aryl methyl sites for hydroxylation is 1. The largest absolute Gasteiger partial charge is 0.324 e. The van der Waals surface area contributed by atoms with E-state index in [-0.39, 0.29) is 30.0 Å². The Kier molecular flexibility index (Phi) is 7.13. The molecule has 0 unspecified atom stereocenters. The van der Waals surface area contributed by atoms with Crippen molar-refractivity contribution in [3.05, 3.63) is 34.6 Å². The van der Waals surface area contributed by atoms with E-state index in [1.165, 1.54) is 18.2 Å². The van der Waals surface area contributed by atoms with Gasteiger partial charge in [0.2, 0.25) is 11.8 Å². The summed E-state index contributed by atoms with van der Waals surface area (Å²) in [6, 6.07) is 4.14. The molecule has 2 amide bonds. The van der Waals surface area contributed by atoms with Crippen molar-refractivity contribution in [1.82, 2.24) is 14.8 Å². The fourth-order valence-electron chi connectivity index (χ4n) is 3.57. The zero-order chi connectivity index (χ0) is 20.8. The first-order valence-electron chi connectivity index (χ1n) is 10.0. The third kappa shape index (κ3) is 5.50. The van der Waals surface area contributed by atoms with Gasteiger partial charge in [-0.15, -0.1) is 0 Å². The van der Waals surface area contributed by atoms with Gasteiger partial charge in [-0.05, 0) is 49.7 Å². The molecule has 1 aliphatic rings. The zero-order valence-electron chi connectivity index (χ0n) is 16.5. The van der Waals surface area contributed by atoms with Crippen LogP contribution in [0.4, 0.5) is 15.8 Å². The Hall–Kier alpha value is -2.55. The number of H-pyrrole nitrogens is 1. The fraction of sp³-hybridized carbons (Fsp3) is 0.500. The lowest BCUT2D eigenvalue weighted by Gasteiger charge is -2.21. The van der Waals surface area contributed by atoms with Crippen molar-refractivity contribution in [2.24, 2.45) is 5.92 Å². The van der Waals surface area contributed by atoms with Gasteiger partial charge in [0.25, 0.3) is 0 Å². The van der Waals surface area contributed by atoms with Gasteiger partial charge in [0.1, 0.15) is 18.2 Å². The maximum Gasteiger partial charge on any atom is 0.244 e. The summed E-state index contributed by atoms with van der Waals surface area (Å²) >= 11 is 5.19. The summed E-state index contributed by atoms with van der Waals surface area (Å²) in [7, 11) is 0. The van der Waals surface area contributed by atoms with Gasteiger partial charge in [-0.3, -0.25) is 19.3 Å². The van der Waals surface area contributed by atoms with Gasteiger partial charge in [-0.1, -0.05) is 26.2 Å². The molecule has 2 aromatic rings. The highest BCUT2D eigenvalue weighted by Gasteiger charge is 2.22. The van der Waals surface area contributed by atoms with Crippen LogP contribution in [0.2, 0.25) is 0 Å². The molecular formula is C20H26FN5O2S. The minimum atomic E-state index is -0.533. The second-order valence-corrected chi connectivity index (χ2v) is 7.73. The summed E-state index contributed by atoms with van der Waals surface area (Å²) in [5, 5.41) is 12.2. The van der Waals surface area contributed by atoms with Crippen LogP contribution in [-0.2, 0) is 22.6 Å². The number of anilines is 2. The predicted molar refractivity (Wildman–Crippen MR) is 112 cm³/mol. The first-order chi connectivity index (χ1) is 14.0. The first-order valence-corrected chi connectivity index (χ1v) is 10.4. The van der Waals surface area contributed by atoms with Gasteiger partial charge >= 0.3 is 0 Å². The Bertz CT molecular complexity index is 933. The summed E-state index contributed by atoms with van der Waals surface area (Å²) in [6.45, 7) is 2.02. The molecule has 0 spiro atoms. The predicted octanol–water partition coefficient (Wildman–Crippen LogP) is 4.19. The number of rotatable bonds is 7.